The first-order valence-corrected chi connectivity index (χ1v) is 5.63. The average Bonchev–Trinajstić information content (AvgIpc) is 2.84. The lowest BCUT2D eigenvalue weighted by Gasteiger charge is -2.11. The van der Waals surface area contributed by atoms with Gasteiger partial charge in [-0.3, -0.25) is 4.90 Å². The number of nitrogens with two attached hydrogens (primary N) is 1. The number of rotatable bonds is 2. The second kappa shape index (κ2) is 3.88. The summed E-state index contributed by atoms with van der Waals surface area (Å²) in [6.07, 6.45) is 1.07. The van der Waals surface area contributed by atoms with Gasteiger partial charge in [-0.2, -0.15) is 0 Å². The molecule has 4 heteroatoms. The highest BCUT2D eigenvalue weighted by Gasteiger charge is 2.20. The van der Waals surface area contributed by atoms with Crippen LogP contribution in [0.2, 0.25) is 0 Å². The van der Waals surface area contributed by atoms with Gasteiger partial charge in [-0.15, -0.1) is 0 Å². The standard InChI is InChI=1S/C12H15N3O/c13-9-5-6-15(7-9)8-12-14-10-3-1-2-4-11(10)16-12/h1-4,9H,5-8,13H2/t9-/m0/s1. The van der Waals surface area contributed by atoms with Crippen LogP contribution in [0.15, 0.2) is 28.7 Å². The number of likely N-dealkylation sites (tertiary alicyclic amines) is 1. The summed E-state index contributed by atoms with van der Waals surface area (Å²) in [5.41, 5.74) is 7.65. The Kier molecular flexibility index (Phi) is 2.38. The molecule has 0 amide bonds. The lowest BCUT2D eigenvalue weighted by Crippen LogP contribution is -2.26. The highest BCUT2D eigenvalue weighted by molar-refractivity contribution is 5.72. The highest BCUT2D eigenvalue weighted by Crippen LogP contribution is 2.17. The molecule has 0 radical (unpaired) electrons. The SMILES string of the molecule is N[C@H]1CCN(Cc2nc3ccccc3o2)C1. The minimum Gasteiger partial charge on any atom is -0.439 e. The number of fused-ring (bicyclic) bond motifs is 1. The van der Waals surface area contributed by atoms with E-state index in [1.165, 1.54) is 0 Å². The Labute approximate surface area is 94.0 Å². The molecule has 1 aromatic carbocycles. The Hall–Kier alpha value is -1.39. The summed E-state index contributed by atoms with van der Waals surface area (Å²) in [7, 11) is 0. The fraction of sp³-hybridized carbons (Fsp3) is 0.417. The molecule has 0 saturated carbocycles. The van der Waals surface area contributed by atoms with Crippen LogP contribution in [-0.2, 0) is 6.54 Å². The molecule has 1 aliphatic heterocycles. The van der Waals surface area contributed by atoms with Crippen molar-refractivity contribution in [1.82, 2.24) is 9.88 Å². The topological polar surface area (TPSA) is 55.3 Å². The Morgan fingerprint density at radius 1 is 1.44 bits per heavy atom. The van der Waals surface area contributed by atoms with E-state index in [0.717, 1.165) is 43.0 Å². The number of aromatic nitrogens is 1. The fourth-order valence-electron chi connectivity index (χ4n) is 2.19. The van der Waals surface area contributed by atoms with E-state index in [9.17, 15) is 0 Å². The molecule has 1 atom stereocenters. The molecule has 4 nitrogen and oxygen atoms in total. The van der Waals surface area contributed by atoms with E-state index in [-0.39, 0.29) is 0 Å². The van der Waals surface area contributed by atoms with Crippen molar-refractivity contribution in [2.24, 2.45) is 5.73 Å². The zero-order chi connectivity index (χ0) is 11.0. The fourth-order valence-corrected chi connectivity index (χ4v) is 2.19. The van der Waals surface area contributed by atoms with E-state index in [2.05, 4.69) is 9.88 Å². The molecular weight excluding hydrogens is 202 g/mol. The molecule has 2 heterocycles. The Bertz CT molecular complexity index is 461. The van der Waals surface area contributed by atoms with Crippen LogP contribution in [-0.4, -0.2) is 29.0 Å². The first-order valence-electron chi connectivity index (χ1n) is 5.63. The molecular formula is C12H15N3O. The first kappa shape index (κ1) is 9.81. The molecule has 1 saturated heterocycles. The Morgan fingerprint density at radius 3 is 3.06 bits per heavy atom. The number of para-hydroxylation sites is 2. The average molecular weight is 217 g/mol. The van der Waals surface area contributed by atoms with Crippen LogP contribution in [0.3, 0.4) is 0 Å². The predicted molar refractivity (Wildman–Crippen MR) is 61.9 cm³/mol. The molecule has 0 unspecified atom stereocenters. The van der Waals surface area contributed by atoms with E-state index in [0.29, 0.717) is 6.04 Å². The van der Waals surface area contributed by atoms with Crippen molar-refractivity contribution in [2.75, 3.05) is 13.1 Å². The lowest BCUT2D eigenvalue weighted by molar-refractivity contribution is 0.292. The molecule has 0 aliphatic carbocycles. The summed E-state index contributed by atoms with van der Waals surface area (Å²) >= 11 is 0. The van der Waals surface area contributed by atoms with Crippen molar-refractivity contribution in [2.45, 2.75) is 19.0 Å². The van der Waals surface area contributed by atoms with E-state index >= 15 is 0 Å². The number of hydrogen-bond acceptors (Lipinski definition) is 4. The third-order valence-electron chi connectivity index (χ3n) is 3.01. The molecule has 1 aliphatic rings. The zero-order valence-electron chi connectivity index (χ0n) is 9.10. The predicted octanol–water partition coefficient (Wildman–Crippen LogP) is 1.36. The molecule has 0 bridgehead atoms. The van der Waals surface area contributed by atoms with Crippen molar-refractivity contribution in [1.29, 1.82) is 0 Å². The smallest absolute Gasteiger partial charge is 0.209 e. The molecule has 2 aromatic rings. The van der Waals surface area contributed by atoms with Gasteiger partial charge in [-0.1, -0.05) is 12.1 Å². The van der Waals surface area contributed by atoms with Crippen molar-refractivity contribution in [3.8, 4) is 0 Å². The molecule has 3 rings (SSSR count). The number of hydrogen-bond donors (Lipinski definition) is 1. The van der Waals surface area contributed by atoms with Crippen molar-refractivity contribution < 1.29 is 4.42 Å². The Morgan fingerprint density at radius 2 is 2.31 bits per heavy atom. The normalized spacial score (nSPS) is 21.9. The van der Waals surface area contributed by atoms with Crippen LogP contribution in [0, 0.1) is 0 Å². The molecule has 84 valence electrons. The summed E-state index contributed by atoms with van der Waals surface area (Å²) in [5, 5.41) is 0. The molecule has 1 aromatic heterocycles. The van der Waals surface area contributed by atoms with Crippen molar-refractivity contribution >= 4 is 11.1 Å². The van der Waals surface area contributed by atoms with Gasteiger partial charge < -0.3 is 10.2 Å². The molecule has 2 N–H and O–H groups in total. The molecule has 0 spiro atoms. The number of oxazole rings is 1. The maximum Gasteiger partial charge on any atom is 0.209 e. The molecule has 16 heavy (non-hydrogen) atoms. The van der Waals surface area contributed by atoms with Gasteiger partial charge >= 0.3 is 0 Å². The van der Waals surface area contributed by atoms with Gasteiger partial charge in [0, 0.05) is 19.1 Å². The van der Waals surface area contributed by atoms with Gasteiger partial charge in [0.2, 0.25) is 5.89 Å². The minimum atomic E-state index is 0.310. The van der Waals surface area contributed by atoms with E-state index in [4.69, 9.17) is 10.2 Å². The summed E-state index contributed by atoms with van der Waals surface area (Å²) < 4.78 is 5.67. The summed E-state index contributed by atoms with van der Waals surface area (Å²) in [5.74, 6) is 0.787. The Balaban J connectivity index is 1.79. The van der Waals surface area contributed by atoms with Gasteiger partial charge in [0.05, 0.1) is 6.54 Å². The maximum absolute atomic E-state index is 5.86. The van der Waals surface area contributed by atoms with Crippen LogP contribution in [0.4, 0.5) is 0 Å². The van der Waals surface area contributed by atoms with Crippen LogP contribution >= 0.6 is 0 Å². The van der Waals surface area contributed by atoms with E-state index in [1.54, 1.807) is 0 Å². The van der Waals surface area contributed by atoms with Gasteiger partial charge in [0.1, 0.15) is 5.52 Å². The maximum atomic E-state index is 5.86. The van der Waals surface area contributed by atoms with Crippen molar-refractivity contribution in [3.63, 3.8) is 0 Å². The van der Waals surface area contributed by atoms with E-state index in [1.807, 2.05) is 24.3 Å². The van der Waals surface area contributed by atoms with Gasteiger partial charge in [0.25, 0.3) is 0 Å². The van der Waals surface area contributed by atoms with Gasteiger partial charge in [0.15, 0.2) is 5.58 Å². The quantitative estimate of drug-likeness (QED) is 0.825. The van der Waals surface area contributed by atoms with Crippen LogP contribution < -0.4 is 5.73 Å². The van der Waals surface area contributed by atoms with Crippen molar-refractivity contribution in [3.05, 3.63) is 30.2 Å². The number of benzene rings is 1. The minimum absolute atomic E-state index is 0.310. The monoisotopic (exact) mass is 217 g/mol. The number of nitrogens with zero attached hydrogens (tertiary/aromatic N) is 2. The lowest BCUT2D eigenvalue weighted by atomic mass is 10.3. The van der Waals surface area contributed by atoms with Crippen LogP contribution in [0.5, 0.6) is 0 Å². The summed E-state index contributed by atoms with van der Waals surface area (Å²) in [6.45, 7) is 2.75. The van der Waals surface area contributed by atoms with Gasteiger partial charge in [-0.05, 0) is 18.6 Å². The third-order valence-corrected chi connectivity index (χ3v) is 3.01. The van der Waals surface area contributed by atoms with Crippen LogP contribution in [0.25, 0.3) is 11.1 Å². The van der Waals surface area contributed by atoms with Gasteiger partial charge in [-0.25, -0.2) is 4.98 Å². The summed E-state index contributed by atoms with van der Waals surface area (Å²) in [4.78, 5) is 6.74. The highest BCUT2D eigenvalue weighted by atomic mass is 16.3. The van der Waals surface area contributed by atoms with E-state index < -0.39 is 0 Å². The second-order valence-corrected chi connectivity index (χ2v) is 4.36. The second-order valence-electron chi connectivity index (χ2n) is 4.36. The third kappa shape index (κ3) is 1.81. The zero-order valence-corrected chi connectivity index (χ0v) is 9.10. The largest absolute Gasteiger partial charge is 0.439 e. The molecule has 1 fully saturated rings. The first-order chi connectivity index (χ1) is 7.81. The summed E-state index contributed by atoms with van der Waals surface area (Å²) in [6, 6.07) is 8.16. The van der Waals surface area contributed by atoms with Crippen LogP contribution in [0.1, 0.15) is 12.3 Å².